The lowest BCUT2D eigenvalue weighted by molar-refractivity contribution is -0.128. The SMILES string of the molecule is CN1C[C@@H](C(=O)N[C@@H]2CCN(Cc3ccccc3)C2)CC1=O. The Morgan fingerprint density at radius 1 is 1.27 bits per heavy atom. The van der Waals surface area contributed by atoms with E-state index >= 15 is 0 Å². The Labute approximate surface area is 131 Å². The molecule has 0 spiro atoms. The zero-order valence-corrected chi connectivity index (χ0v) is 13.0. The molecule has 5 nitrogen and oxygen atoms in total. The van der Waals surface area contributed by atoms with E-state index in [0.717, 1.165) is 26.1 Å². The molecule has 2 fully saturated rings. The molecule has 0 bridgehead atoms. The van der Waals surface area contributed by atoms with Crippen LogP contribution in [-0.4, -0.2) is 54.3 Å². The number of likely N-dealkylation sites (tertiary alicyclic amines) is 2. The molecule has 2 saturated heterocycles. The average molecular weight is 301 g/mol. The Morgan fingerprint density at radius 3 is 2.73 bits per heavy atom. The third kappa shape index (κ3) is 3.47. The van der Waals surface area contributed by atoms with Gasteiger partial charge in [-0.05, 0) is 12.0 Å². The third-order valence-corrected chi connectivity index (χ3v) is 4.58. The van der Waals surface area contributed by atoms with Crippen LogP contribution in [0.3, 0.4) is 0 Å². The first kappa shape index (κ1) is 15.0. The first-order chi connectivity index (χ1) is 10.6. The highest BCUT2D eigenvalue weighted by atomic mass is 16.2. The molecule has 118 valence electrons. The Bertz CT molecular complexity index is 546. The standard InChI is InChI=1S/C17H23N3O2/c1-19-11-14(9-16(19)21)17(22)18-15-7-8-20(12-15)10-13-5-3-2-4-6-13/h2-6,14-15H,7-12H2,1H3,(H,18,22)/t14-,15+/m0/s1. The zero-order valence-electron chi connectivity index (χ0n) is 13.0. The predicted octanol–water partition coefficient (Wildman–Crippen LogP) is 0.855. The summed E-state index contributed by atoms with van der Waals surface area (Å²) in [5.41, 5.74) is 1.30. The van der Waals surface area contributed by atoms with Crippen LogP contribution in [0.15, 0.2) is 30.3 Å². The molecular formula is C17H23N3O2. The molecule has 5 heteroatoms. The number of amides is 2. The van der Waals surface area contributed by atoms with E-state index < -0.39 is 0 Å². The number of rotatable bonds is 4. The molecule has 1 aromatic rings. The molecule has 22 heavy (non-hydrogen) atoms. The number of hydrogen-bond acceptors (Lipinski definition) is 3. The van der Waals surface area contributed by atoms with Crippen molar-refractivity contribution in [1.82, 2.24) is 15.1 Å². The van der Waals surface area contributed by atoms with Crippen molar-refractivity contribution in [2.45, 2.75) is 25.4 Å². The second-order valence-electron chi connectivity index (χ2n) is 6.39. The van der Waals surface area contributed by atoms with Crippen molar-refractivity contribution in [3.63, 3.8) is 0 Å². The summed E-state index contributed by atoms with van der Waals surface area (Å²) >= 11 is 0. The smallest absolute Gasteiger partial charge is 0.225 e. The molecule has 2 atom stereocenters. The molecule has 1 aromatic carbocycles. The molecule has 2 amide bonds. The van der Waals surface area contributed by atoms with Crippen LogP contribution in [-0.2, 0) is 16.1 Å². The van der Waals surface area contributed by atoms with Crippen molar-refractivity contribution in [2.24, 2.45) is 5.92 Å². The summed E-state index contributed by atoms with van der Waals surface area (Å²) in [6.45, 7) is 3.36. The third-order valence-electron chi connectivity index (χ3n) is 4.58. The molecule has 0 saturated carbocycles. The van der Waals surface area contributed by atoms with Gasteiger partial charge in [0.15, 0.2) is 0 Å². The van der Waals surface area contributed by atoms with Gasteiger partial charge in [0.05, 0.1) is 5.92 Å². The summed E-state index contributed by atoms with van der Waals surface area (Å²) < 4.78 is 0. The monoisotopic (exact) mass is 301 g/mol. The van der Waals surface area contributed by atoms with Crippen LogP contribution in [0.5, 0.6) is 0 Å². The number of hydrogen-bond donors (Lipinski definition) is 1. The summed E-state index contributed by atoms with van der Waals surface area (Å²) in [4.78, 5) is 27.8. The number of carbonyl (C=O) groups excluding carboxylic acids is 2. The minimum atomic E-state index is -0.180. The number of nitrogens with one attached hydrogen (secondary N) is 1. The van der Waals surface area contributed by atoms with Gasteiger partial charge in [-0.2, -0.15) is 0 Å². The second-order valence-corrected chi connectivity index (χ2v) is 6.39. The van der Waals surface area contributed by atoms with Gasteiger partial charge in [0, 0.05) is 45.7 Å². The van der Waals surface area contributed by atoms with E-state index in [2.05, 4.69) is 34.5 Å². The first-order valence-corrected chi connectivity index (χ1v) is 7.92. The van der Waals surface area contributed by atoms with Crippen molar-refractivity contribution in [3.05, 3.63) is 35.9 Å². The summed E-state index contributed by atoms with van der Waals surface area (Å²) in [6, 6.07) is 10.6. The van der Waals surface area contributed by atoms with Crippen molar-refractivity contribution in [2.75, 3.05) is 26.7 Å². The highest BCUT2D eigenvalue weighted by Crippen LogP contribution is 2.18. The summed E-state index contributed by atoms with van der Waals surface area (Å²) in [5.74, 6) is -0.0813. The van der Waals surface area contributed by atoms with E-state index in [1.54, 1.807) is 11.9 Å². The molecule has 0 unspecified atom stereocenters. The molecule has 3 rings (SSSR count). The maximum Gasteiger partial charge on any atom is 0.225 e. The van der Waals surface area contributed by atoms with Crippen LogP contribution < -0.4 is 5.32 Å². The van der Waals surface area contributed by atoms with E-state index in [4.69, 9.17) is 0 Å². The van der Waals surface area contributed by atoms with Gasteiger partial charge in [0.1, 0.15) is 0 Å². The fourth-order valence-electron chi connectivity index (χ4n) is 3.29. The number of benzene rings is 1. The van der Waals surface area contributed by atoms with Crippen molar-refractivity contribution >= 4 is 11.8 Å². The van der Waals surface area contributed by atoms with E-state index in [-0.39, 0.29) is 23.8 Å². The molecule has 0 aromatic heterocycles. The maximum absolute atomic E-state index is 12.2. The normalized spacial score (nSPS) is 25.7. The van der Waals surface area contributed by atoms with Crippen LogP contribution in [0.1, 0.15) is 18.4 Å². The van der Waals surface area contributed by atoms with Crippen molar-refractivity contribution in [3.8, 4) is 0 Å². The average Bonchev–Trinajstić information content (AvgIpc) is 3.07. The van der Waals surface area contributed by atoms with Gasteiger partial charge in [0.25, 0.3) is 0 Å². The first-order valence-electron chi connectivity index (χ1n) is 7.92. The van der Waals surface area contributed by atoms with E-state index in [0.29, 0.717) is 13.0 Å². The lowest BCUT2D eigenvalue weighted by Gasteiger charge is -2.18. The molecule has 2 heterocycles. The fraction of sp³-hybridized carbons (Fsp3) is 0.529. The fourth-order valence-corrected chi connectivity index (χ4v) is 3.29. The van der Waals surface area contributed by atoms with E-state index in [1.807, 2.05) is 6.07 Å². The number of carbonyl (C=O) groups is 2. The second kappa shape index (κ2) is 6.48. The van der Waals surface area contributed by atoms with Crippen LogP contribution >= 0.6 is 0 Å². The Balaban J connectivity index is 1.47. The maximum atomic E-state index is 12.2. The van der Waals surface area contributed by atoms with Crippen LogP contribution in [0.4, 0.5) is 0 Å². The Kier molecular flexibility index (Phi) is 4.43. The van der Waals surface area contributed by atoms with Crippen LogP contribution in [0.25, 0.3) is 0 Å². The largest absolute Gasteiger partial charge is 0.352 e. The highest BCUT2D eigenvalue weighted by molar-refractivity contribution is 5.89. The van der Waals surface area contributed by atoms with Gasteiger partial charge in [0.2, 0.25) is 11.8 Å². The molecular weight excluding hydrogens is 278 g/mol. The van der Waals surface area contributed by atoms with Crippen molar-refractivity contribution in [1.29, 1.82) is 0 Å². The Morgan fingerprint density at radius 2 is 2.05 bits per heavy atom. The summed E-state index contributed by atoms with van der Waals surface area (Å²) in [5, 5.41) is 3.12. The van der Waals surface area contributed by atoms with Gasteiger partial charge >= 0.3 is 0 Å². The van der Waals surface area contributed by atoms with Gasteiger partial charge in [-0.3, -0.25) is 14.5 Å². The van der Waals surface area contributed by atoms with Crippen molar-refractivity contribution < 1.29 is 9.59 Å². The van der Waals surface area contributed by atoms with Gasteiger partial charge in [-0.1, -0.05) is 30.3 Å². The van der Waals surface area contributed by atoms with Crippen LogP contribution in [0.2, 0.25) is 0 Å². The predicted molar refractivity (Wildman–Crippen MR) is 84.0 cm³/mol. The molecule has 1 N–H and O–H groups in total. The Hall–Kier alpha value is -1.88. The highest BCUT2D eigenvalue weighted by Gasteiger charge is 2.34. The van der Waals surface area contributed by atoms with Crippen LogP contribution in [0, 0.1) is 5.92 Å². The van der Waals surface area contributed by atoms with Gasteiger partial charge in [-0.15, -0.1) is 0 Å². The minimum absolute atomic E-state index is 0.0317. The van der Waals surface area contributed by atoms with E-state index in [9.17, 15) is 9.59 Å². The lowest BCUT2D eigenvalue weighted by Crippen LogP contribution is -2.41. The minimum Gasteiger partial charge on any atom is -0.352 e. The number of nitrogens with zero attached hydrogens (tertiary/aromatic N) is 2. The summed E-state index contributed by atoms with van der Waals surface area (Å²) in [6.07, 6.45) is 1.33. The quantitative estimate of drug-likeness (QED) is 0.897. The molecule has 2 aliphatic rings. The molecule has 2 aliphatic heterocycles. The zero-order chi connectivity index (χ0) is 15.5. The molecule has 0 aliphatic carbocycles. The summed E-state index contributed by atoms with van der Waals surface area (Å²) in [7, 11) is 1.76. The van der Waals surface area contributed by atoms with Gasteiger partial charge < -0.3 is 10.2 Å². The molecule has 0 radical (unpaired) electrons. The topological polar surface area (TPSA) is 52.7 Å². The van der Waals surface area contributed by atoms with E-state index in [1.165, 1.54) is 5.56 Å². The van der Waals surface area contributed by atoms with Gasteiger partial charge in [-0.25, -0.2) is 0 Å². The lowest BCUT2D eigenvalue weighted by atomic mass is 10.1.